The van der Waals surface area contributed by atoms with E-state index in [4.69, 9.17) is 5.73 Å². The van der Waals surface area contributed by atoms with Crippen LogP contribution in [-0.4, -0.2) is 34.1 Å². The second-order valence-corrected chi connectivity index (χ2v) is 6.14. The van der Waals surface area contributed by atoms with Crippen LogP contribution >= 0.6 is 0 Å². The van der Waals surface area contributed by atoms with E-state index in [0.29, 0.717) is 24.5 Å². The molecule has 2 rings (SSSR count). The maximum atomic E-state index is 9.51. The van der Waals surface area contributed by atoms with Gasteiger partial charge in [-0.15, -0.1) is 0 Å². The molecule has 1 aromatic rings. The Labute approximate surface area is 121 Å². The minimum Gasteiger partial charge on any atom is -0.396 e. The van der Waals surface area contributed by atoms with Crippen molar-refractivity contribution in [1.29, 1.82) is 0 Å². The molecule has 3 atom stereocenters. The Morgan fingerprint density at radius 3 is 2.80 bits per heavy atom. The molecular weight excluding hydrogens is 252 g/mol. The summed E-state index contributed by atoms with van der Waals surface area (Å²) >= 11 is 0. The molecule has 20 heavy (non-hydrogen) atoms. The Balaban J connectivity index is 2.03. The minimum absolute atomic E-state index is 0.125. The zero-order chi connectivity index (χ0) is 14.5. The number of aromatic nitrogens is 2. The van der Waals surface area contributed by atoms with Gasteiger partial charge in [-0.25, -0.2) is 0 Å². The molecule has 1 fully saturated rings. The molecule has 1 heterocycles. The summed E-state index contributed by atoms with van der Waals surface area (Å²) in [5, 5.41) is 17.5. The number of nitrogens with two attached hydrogens (primary N) is 1. The van der Waals surface area contributed by atoms with Gasteiger partial charge in [-0.05, 0) is 32.6 Å². The Hall–Kier alpha value is -0.910. The molecule has 1 aromatic heterocycles. The van der Waals surface area contributed by atoms with Crippen molar-refractivity contribution in [2.24, 2.45) is 11.7 Å². The molecule has 1 aliphatic carbocycles. The molecule has 1 saturated carbocycles. The summed E-state index contributed by atoms with van der Waals surface area (Å²) in [6.45, 7) is 5.05. The highest BCUT2D eigenvalue weighted by Crippen LogP contribution is 2.26. The third-order valence-electron chi connectivity index (χ3n) is 4.35. The second-order valence-electron chi connectivity index (χ2n) is 6.14. The van der Waals surface area contributed by atoms with Crippen molar-refractivity contribution >= 4 is 0 Å². The predicted molar refractivity (Wildman–Crippen MR) is 80.4 cm³/mol. The first kappa shape index (κ1) is 15.5. The van der Waals surface area contributed by atoms with Gasteiger partial charge < -0.3 is 16.2 Å². The third-order valence-corrected chi connectivity index (χ3v) is 4.35. The molecule has 5 heteroatoms. The van der Waals surface area contributed by atoms with Crippen molar-refractivity contribution in [2.45, 2.75) is 57.7 Å². The lowest BCUT2D eigenvalue weighted by atomic mass is 9.84. The van der Waals surface area contributed by atoms with Crippen LogP contribution in [0.25, 0.3) is 0 Å². The average molecular weight is 280 g/mol. The maximum absolute atomic E-state index is 9.51. The van der Waals surface area contributed by atoms with E-state index in [2.05, 4.69) is 30.5 Å². The summed E-state index contributed by atoms with van der Waals surface area (Å²) in [6.07, 6.45) is 8.67. The summed E-state index contributed by atoms with van der Waals surface area (Å²) < 4.78 is 1.96. The fourth-order valence-electron chi connectivity index (χ4n) is 3.02. The van der Waals surface area contributed by atoms with Crippen LogP contribution in [-0.2, 0) is 0 Å². The van der Waals surface area contributed by atoms with Crippen molar-refractivity contribution in [2.75, 3.05) is 13.2 Å². The molecular formula is C15H28N4O. The van der Waals surface area contributed by atoms with Gasteiger partial charge in [0.2, 0.25) is 0 Å². The van der Waals surface area contributed by atoms with Crippen molar-refractivity contribution < 1.29 is 5.11 Å². The first-order valence-corrected chi connectivity index (χ1v) is 7.76. The lowest BCUT2D eigenvalue weighted by Crippen LogP contribution is -2.44. The van der Waals surface area contributed by atoms with Gasteiger partial charge in [0.15, 0.2) is 0 Å². The molecule has 1 aliphatic rings. The van der Waals surface area contributed by atoms with E-state index in [-0.39, 0.29) is 12.6 Å². The van der Waals surface area contributed by atoms with Gasteiger partial charge in [0.1, 0.15) is 0 Å². The Morgan fingerprint density at radius 1 is 1.45 bits per heavy atom. The highest BCUT2D eigenvalue weighted by molar-refractivity contribution is 5.12. The highest BCUT2D eigenvalue weighted by Gasteiger charge is 2.27. The van der Waals surface area contributed by atoms with Crippen LogP contribution in [0.4, 0.5) is 0 Å². The molecule has 0 amide bonds. The number of nitrogens with one attached hydrogen (secondary N) is 1. The summed E-state index contributed by atoms with van der Waals surface area (Å²) in [4.78, 5) is 0. The van der Waals surface area contributed by atoms with Crippen molar-refractivity contribution in [3.63, 3.8) is 0 Å². The number of rotatable bonds is 6. The molecule has 0 aromatic carbocycles. The summed E-state index contributed by atoms with van der Waals surface area (Å²) in [7, 11) is 0. The van der Waals surface area contributed by atoms with Crippen LogP contribution in [0.1, 0.15) is 57.2 Å². The van der Waals surface area contributed by atoms with Gasteiger partial charge in [-0.2, -0.15) is 5.10 Å². The molecule has 4 N–H and O–H groups in total. The average Bonchev–Trinajstić information content (AvgIpc) is 2.95. The minimum atomic E-state index is 0.125. The summed E-state index contributed by atoms with van der Waals surface area (Å²) in [5.74, 6) is 0.359. The fraction of sp³-hybridized carbons (Fsp3) is 0.800. The molecule has 0 radical (unpaired) electrons. The highest BCUT2D eigenvalue weighted by atomic mass is 16.3. The van der Waals surface area contributed by atoms with E-state index in [1.54, 1.807) is 0 Å². The number of aliphatic hydroxyl groups is 1. The predicted octanol–water partition coefficient (Wildman–Crippen LogP) is 1.60. The van der Waals surface area contributed by atoms with Crippen LogP contribution in [0.2, 0.25) is 0 Å². The molecule has 114 valence electrons. The van der Waals surface area contributed by atoms with Crippen molar-refractivity contribution in [3.8, 4) is 0 Å². The monoisotopic (exact) mass is 280 g/mol. The second kappa shape index (κ2) is 7.20. The van der Waals surface area contributed by atoms with E-state index in [1.807, 2.05) is 10.9 Å². The normalized spacial score (nSPS) is 25.1. The summed E-state index contributed by atoms with van der Waals surface area (Å²) in [5.41, 5.74) is 7.07. The van der Waals surface area contributed by atoms with E-state index >= 15 is 0 Å². The van der Waals surface area contributed by atoms with Gasteiger partial charge in [0, 0.05) is 43.0 Å². The molecule has 0 saturated heterocycles. The van der Waals surface area contributed by atoms with Crippen LogP contribution in [0.3, 0.4) is 0 Å². The molecule has 0 bridgehead atoms. The molecule has 3 unspecified atom stereocenters. The first-order valence-electron chi connectivity index (χ1n) is 7.76. The van der Waals surface area contributed by atoms with Crippen LogP contribution < -0.4 is 11.1 Å². The van der Waals surface area contributed by atoms with E-state index < -0.39 is 0 Å². The van der Waals surface area contributed by atoms with Gasteiger partial charge >= 0.3 is 0 Å². The Kier molecular flexibility index (Phi) is 5.57. The lowest BCUT2D eigenvalue weighted by molar-refractivity contribution is 0.146. The number of hydrogen-bond donors (Lipinski definition) is 3. The standard InChI is InChI=1S/C15H28N4O/c1-11(2)19-9-13(8-17-19)15(7-16)18-14-6-4-3-5-12(14)10-20/h8-9,11-12,14-15,18,20H,3-7,10,16H2,1-2H3. The summed E-state index contributed by atoms with van der Waals surface area (Å²) in [6, 6.07) is 0.853. The van der Waals surface area contributed by atoms with Crippen molar-refractivity contribution in [1.82, 2.24) is 15.1 Å². The van der Waals surface area contributed by atoms with Crippen LogP contribution in [0, 0.1) is 5.92 Å². The molecule has 5 nitrogen and oxygen atoms in total. The van der Waals surface area contributed by atoms with Gasteiger partial charge in [-0.1, -0.05) is 12.8 Å². The van der Waals surface area contributed by atoms with E-state index in [9.17, 15) is 5.11 Å². The van der Waals surface area contributed by atoms with E-state index in [0.717, 1.165) is 18.4 Å². The smallest absolute Gasteiger partial charge is 0.0538 e. The van der Waals surface area contributed by atoms with Gasteiger partial charge in [0.25, 0.3) is 0 Å². The Bertz CT molecular complexity index is 404. The fourth-order valence-corrected chi connectivity index (χ4v) is 3.02. The van der Waals surface area contributed by atoms with Gasteiger partial charge in [-0.3, -0.25) is 4.68 Å². The van der Waals surface area contributed by atoms with Crippen LogP contribution in [0.5, 0.6) is 0 Å². The Morgan fingerprint density at radius 2 is 2.20 bits per heavy atom. The quantitative estimate of drug-likeness (QED) is 0.740. The maximum Gasteiger partial charge on any atom is 0.0538 e. The topological polar surface area (TPSA) is 76.1 Å². The van der Waals surface area contributed by atoms with Crippen LogP contribution in [0.15, 0.2) is 12.4 Å². The largest absolute Gasteiger partial charge is 0.396 e. The first-order chi connectivity index (χ1) is 9.65. The molecule has 0 spiro atoms. The third kappa shape index (κ3) is 3.59. The molecule has 0 aliphatic heterocycles. The van der Waals surface area contributed by atoms with Crippen molar-refractivity contribution in [3.05, 3.63) is 18.0 Å². The van der Waals surface area contributed by atoms with Gasteiger partial charge in [0.05, 0.1) is 6.20 Å². The zero-order valence-corrected chi connectivity index (χ0v) is 12.6. The number of nitrogens with zero attached hydrogens (tertiary/aromatic N) is 2. The number of aliphatic hydroxyl groups excluding tert-OH is 1. The lowest BCUT2D eigenvalue weighted by Gasteiger charge is -2.33. The zero-order valence-electron chi connectivity index (χ0n) is 12.6. The van der Waals surface area contributed by atoms with E-state index in [1.165, 1.54) is 12.8 Å². The SMILES string of the molecule is CC(C)n1cc(C(CN)NC2CCCCC2CO)cn1. The number of hydrogen-bond acceptors (Lipinski definition) is 4.